The van der Waals surface area contributed by atoms with Crippen LogP contribution in [0, 0.1) is 5.82 Å². The number of benzene rings is 2. The molecular weight excluding hydrogens is 249 g/mol. The second-order valence-electron chi connectivity index (χ2n) is 5.62. The molecule has 1 unspecified atom stereocenters. The van der Waals surface area contributed by atoms with Crippen LogP contribution in [-0.2, 0) is 6.42 Å². The van der Waals surface area contributed by atoms with Crippen molar-refractivity contribution < 1.29 is 4.39 Å². The Morgan fingerprint density at radius 3 is 2.35 bits per heavy atom. The van der Waals surface area contributed by atoms with Crippen LogP contribution in [0.3, 0.4) is 0 Å². The van der Waals surface area contributed by atoms with Gasteiger partial charge in [0.2, 0.25) is 0 Å². The molecule has 1 aliphatic carbocycles. The molecule has 0 saturated heterocycles. The molecular formula is C18H20FN. The molecule has 1 nitrogen and oxygen atoms in total. The maximum absolute atomic E-state index is 13.0. The molecule has 0 bridgehead atoms. The van der Waals surface area contributed by atoms with Gasteiger partial charge in [-0.1, -0.05) is 42.5 Å². The Hall–Kier alpha value is -1.67. The molecule has 0 aliphatic heterocycles. The Bertz CT molecular complexity index is 531. The van der Waals surface area contributed by atoms with E-state index in [-0.39, 0.29) is 5.82 Å². The molecule has 104 valence electrons. The van der Waals surface area contributed by atoms with Crippen LogP contribution in [0.2, 0.25) is 0 Å². The van der Waals surface area contributed by atoms with Gasteiger partial charge in [-0.05, 0) is 42.5 Å². The summed E-state index contributed by atoms with van der Waals surface area (Å²) in [5, 5.41) is 3.61. The van der Waals surface area contributed by atoms with Gasteiger partial charge in [0, 0.05) is 18.5 Å². The molecule has 1 N–H and O–H groups in total. The molecule has 20 heavy (non-hydrogen) atoms. The van der Waals surface area contributed by atoms with E-state index < -0.39 is 0 Å². The minimum absolute atomic E-state index is 0.166. The van der Waals surface area contributed by atoms with Crippen molar-refractivity contribution in [3.05, 3.63) is 71.5 Å². The van der Waals surface area contributed by atoms with Crippen LogP contribution in [0.5, 0.6) is 0 Å². The van der Waals surface area contributed by atoms with Crippen LogP contribution in [0.4, 0.5) is 4.39 Å². The largest absolute Gasteiger partial charge is 0.313 e. The lowest BCUT2D eigenvalue weighted by molar-refractivity contribution is 0.576. The molecule has 3 rings (SSSR count). The summed E-state index contributed by atoms with van der Waals surface area (Å²) in [6.45, 7) is 0.992. The van der Waals surface area contributed by atoms with Crippen LogP contribution in [0.1, 0.15) is 29.9 Å². The van der Waals surface area contributed by atoms with Gasteiger partial charge in [-0.2, -0.15) is 0 Å². The normalized spacial score (nSPS) is 16.1. The van der Waals surface area contributed by atoms with Crippen molar-refractivity contribution in [2.24, 2.45) is 0 Å². The van der Waals surface area contributed by atoms with Crippen LogP contribution < -0.4 is 5.32 Å². The van der Waals surface area contributed by atoms with Crippen molar-refractivity contribution in [1.82, 2.24) is 5.32 Å². The van der Waals surface area contributed by atoms with E-state index in [2.05, 4.69) is 29.6 Å². The molecule has 1 fully saturated rings. The van der Waals surface area contributed by atoms with Crippen molar-refractivity contribution in [2.45, 2.75) is 31.2 Å². The molecule has 2 heteroatoms. The van der Waals surface area contributed by atoms with Gasteiger partial charge < -0.3 is 5.32 Å². The van der Waals surface area contributed by atoms with E-state index in [1.807, 2.05) is 18.2 Å². The quantitative estimate of drug-likeness (QED) is 0.838. The summed E-state index contributed by atoms with van der Waals surface area (Å²) < 4.78 is 13.0. The first kappa shape index (κ1) is 13.3. The van der Waals surface area contributed by atoms with Gasteiger partial charge in [0.05, 0.1) is 0 Å². The van der Waals surface area contributed by atoms with E-state index in [9.17, 15) is 4.39 Å². The topological polar surface area (TPSA) is 12.0 Å². The summed E-state index contributed by atoms with van der Waals surface area (Å²) in [6.07, 6.45) is 3.56. The zero-order valence-electron chi connectivity index (χ0n) is 11.6. The average Bonchev–Trinajstić information content (AvgIpc) is 3.31. The molecule has 1 aliphatic rings. The fraction of sp³-hybridized carbons (Fsp3) is 0.333. The molecule has 2 aromatic carbocycles. The summed E-state index contributed by atoms with van der Waals surface area (Å²) in [5.41, 5.74) is 2.54. The molecule has 1 atom stereocenters. The van der Waals surface area contributed by atoms with Crippen LogP contribution >= 0.6 is 0 Å². The smallest absolute Gasteiger partial charge is 0.123 e. The van der Waals surface area contributed by atoms with E-state index in [4.69, 9.17) is 0 Å². The lowest BCUT2D eigenvalue weighted by Gasteiger charge is -2.18. The Morgan fingerprint density at radius 1 is 1.00 bits per heavy atom. The van der Waals surface area contributed by atoms with Crippen molar-refractivity contribution in [2.75, 3.05) is 6.54 Å². The predicted molar refractivity (Wildman–Crippen MR) is 80.3 cm³/mol. The highest BCUT2D eigenvalue weighted by molar-refractivity contribution is 5.25. The maximum atomic E-state index is 13.0. The van der Waals surface area contributed by atoms with E-state index in [1.165, 1.54) is 24.0 Å². The highest BCUT2D eigenvalue weighted by Gasteiger charge is 2.22. The fourth-order valence-corrected chi connectivity index (χ4v) is 2.53. The first-order valence-corrected chi connectivity index (χ1v) is 7.34. The van der Waals surface area contributed by atoms with Crippen LogP contribution in [0.25, 0.3) is 0 Å². The molecule has 0 spiro atoms. The van der Waals surface area contributed by atoms with Crippen molar-refractivity contribution in [1.29, 1.82) is 0 Å². The van der Waals surface area contributed by atoms with Crippen molar-refractivity contribution in [3.8, 4) is 0 Å². The average molecular weight is 269 g/mol. The lowest BCUT2D eigenvalue weighted by Crippen LogP contribution is -2.24. The monoisotopic (exact) mass is 269 g/mol. The first-order valence-electron chi connectivity index (χ1n) is 7.34. The molecule has 0 amide bonds. The van der Waals surface area contributed by atoms with E-state index in [0.29, 0.717) is 5.92 Å². The Kier molecular flexibility index (Phi) is 4.12. The third-order valence-electron chi connectivity index (χ3n) is 3.90. The standard InChI is InChI=1S/C18H20FN/c19-17-8-6-14(7-9-17)12-16(13-20-18-10-11-18)15-4-2-1-3-5-15/h1-9,16,18,20H,10-13H2. The van der Waals surface area contributed by atoms with E-state index >= 15 is 0 Å². The number of hydrogen-bond donors (Lipinski definition) is 1. The third-order valence-corrected chi connectivity index (χ3v) is 3.90. The number of rotatable bonds is 6. The number of nitrogens with one attached hydrogen (secondary N) is 1. The molecule has 0 aromatic heterocycles. The Morgan fingerprint density at radius 2 is 1.70 bits per heavy atom. The Labute approximate surface area is 119 Å². The predicted octanol–water partition coefficient (Wildman–Crippen LogP) is 3.90. The molecule has 0 heterocycles. The SMILES string of the molecule is Fc1ccc(CC(CNC2CC2)c2ccccc2)cc1. The van der Waals surface area contributed by atoms with E-state index in [1.54, 1.807) is 12.1 Å². The molecule has 2 aromatic rings. The zero-order chi connectivity index (χ0) is 13.8. The van der Waals surface area contributed by atoms with Gasteiger partial charge in [0.1, 0.15) is 5.82 Å². The highest BCUT2D eigenvalue weighted by atomic mass is 19.1. The second-order valence-corrected chi connectivity index (χ2v) is 5.62. The van der Waals surface area contributed by atoms with Crippen molar-refractivity contribution >= 4 is 0 Å². The maximum Gasteiger partial charge on any atom is 0.123 e. The number of halogens is 1. The summed E-state index contributed by atoms with van der Waals surface area (Å²) in [4.78, 5) is 0. The lowest BCUT2D eigenvalue weighted by atomic mass is 9.92. The van der Waals surface area contributed by atoms with Crippen LogP contribution in [0.15, 0.2) is 54.6 Å². The minimum atomic E-state index is -0.166. The summed E-state index contributed by atoms with van der Waals surface area (Å²) in [7, 11) is 0. The molecule has 1 saturated carbocycles. The third kappa shape index (κ3) is 3.67. The van der Waals surface area contributed by atoms with Crippen molar-refractivity contribution in [3.63, 3.8) is 0 Å². The molecule has 0 radical (unpaired) electrons. The first-order chi connectivity index (χ1) is 9.81. The zero-order valence-corrected chi connectivity index (χ0v) is 11.6. The van der Waals surface area contributed by atoms with Gasteiger partial charge in [-0.25, -0.2) is 4.39 Å². The van der Waals surface area contributed by atoms with Gasteiger partial charge in [0.25, 0.3) is 0 Å². The fourth-order valence-electron chi connectivity index (χ4n) is 2.53. The number of hydrogen-bond acceptors (Lipinski definition) is 1. The summed E-state index contributed by atoms with van der Waals surface area (Å²) >= 11 is 0. The van der Waals surface area contributed by atoms with Gasteiger partial charge in [0.15, 0.2) is 0 Å². The van der Waals surface area contributed by atoms with Gasteiger partial charge in [-0.15, -0.1) is 0 Å². The summed E-state index contributed by atoms with van der Waals surface area (Å²) in [6, 6.07) is 18.2. The second kappa shape index (κ2) is 6.19. The minimum Gasteiger partial charge on any atom is -0.313 e. The summed E-state index contributed by atoms with van der Waals surface area (Å²) in [5.74, 6) is 0.281. The highest BCUT2D eigenvalue weighted by Crippen LogP contribution is 2.24. The van der Waals surface area contributed by atoms with Crippen LogP contribution in [-0.4, -0.2) is 12.6 Å². The van der Waals surface area contributed by atoms with Gasteiger partial charge in [-0.3, -0.25) is 0 Å². The van der Waals surface area contributed by atoms with E-state index in [0.717, 1.165) is 19.0 Å². The van der Waals surface area contributed by atoms with Gasteiger partial charge >= 0.3 is 0 Å². The Balaban J connectivity index is 1.72.